The number of carbonyl (C=O) groups excluding carboxylic acids is 1. The molecule has 4 heteroatoms. The standard InChI is InChI=1S/C12H8FN2O/c13-10-4-2-1-3-9(10)12(16)11-6-5-8(14)7-15-11/h2-7H,14H2. The van der Waals surface area contributed by atoms with Gasteiger partial charge < -0.3 is 5.73 Å². The number of rotatable bonds is 2. The van der Waals surface area contributed by atoms with Crippen molar-refractivity contribution in [1.29, 1.82) is 0 Å². The van der Waals surface area contributed by atoms with Crippen LogP contribution in [0.5, 0.6) is 0 Å². The third kappa shape index (κ3) is 1.91. The van der Waals surface area contributed by atoms with E-state index in [0.717, 1.165) is 0 Å². The minimum Gasteiger partial charge on any atom is -0.397 e. The van der Waals surface area contributed by atoms with Crippen LogP contribution in [0.1, 0.15) is 16.1 Å². The normalized spacial score (nSPS) is 10.1. The predicted molar refractivity (Wildman–Crippen MR) is 57.3 cm³/mol. The van der Waals surface area contributed by atoms with E-state index >= 15 is 0 Å². The Kier molecular flexibility index (Phi) is 2.64. The summed E-state index contributed by atoms with van der Waals surface area (Å²) in [5.41, 5.74) is 6.01. The van der Waals surface area contributed by atoms with Crippen LogP contribution >= 0.6 is 0 Å². The number of hydrogen-bond acceptors (Lipinski definition) is 3. The number of nitrogens with zero attached hydrogens (tertiary/aromatic N) is 1. The summed E-state index contributed by atoms with van der Waals surface area (Å²) in [7, 11) is 0. The Bertz CT molecular complexity index is 523. The van der Waals surface area contributed by atoms with Crippen molar-refractivity contribution < 1.29 is 9.18 Å². The summed E-state index contributed by atoms with van der Waals surface area (Å²) in [6.45, 7) is 0. The minimum absolute atomic E-state index is 0.0419. The summed E-state index contributed by atoms with van der Waals surface area (Å²) in [5, 5.41) is 0. The highest BCUT2D eigenvalue weighted by molar-refractivity contribution is 6.07. The molecule has 0 aliphatic heterocycles. The van der Waals surface area contributed by atoms with Crippen LogP contribution in [-0.2, 0) is 0 Å². The molecule has 0 spiro atoms. The highest BCUT2D eigenvalue weighted by Crippen LogP contribution is 2.12. The second-order valence-corrected chi connectivity index (χ2v) is 3.21. The molecule has 2 aromatic rings. The average molecular weight is 215 g/mol. The van der Waals surface area contributed by atoms with E-state index in [-0.39, 0.29) is 11.3 Å². The largest absolute Gasteiger partial charge is 0.397 e. The number of nitrogen functional groups attached to an aromatic ring is 1. The zero-order valence-corrected chi connectivity index (χ0v) is 8.27. The van der Waals surface area contributed by atoms with Gasteiger partial charge in [0.05, 0.1) is 17.4 Å². The van der Waals surface area contributed by atoms with Crippen molar-refractivity contribution in [2.75, 3.05) is 5.73 Å². The maximum Gasteiger partial charge on any atom is 0.214 e. The van der Waals surface area contributed by atoms with E-state index in [0.29, 0.717) is 5.69 Å². The highest BCUT2D eigenvalue weighted by atomic mass is 19.1. The van der Waals surface area contributed by atoms with Gasteiger partial charge in [-0.05, 0) is 30.3 Å². The second kappa shape index (κ2) is 4.10. The van der Waals surface area contributed by atoms with Gasteiger partial charge >= 0.3 is 0 Å². The number of benzene rings is 1. The van der Waals surface area contributed by atoms with Crippen LogP contribution in [0.15, 0.2) is 36.5 Å². The third-order valence-corrected chi connectivity index (χ3v) is 2.07. The van der Waals surface area contributed by atoms with E-state index < -0.39 is 11.6 Å². The van der Waals surface area contributed by atoms with Gasteiger partial charge in [-0.2, -0.15) is 0 Å². The summed E-state index contributed by atoms with van der Waals surface area (Å²) < 4.78 is 13.3. The van der Waals surface area contributed by atoms with Gasteiger partial charge in [0.25, 0.3) is 0 Å². The van der Waals surface area contributed by atoms with Gasteiger partial charge in [0.1, 0.15) is 11.5 Å². The first-order valence-corrected chi connectivity index (χ1v) is 4.60. The number of pyridine rings is 1. The number of anilines is 1. The van der Waals surface area contributed by atoms with Crippen molar-refractivity contribution in [3.63, 3.8) is 0 Å². The van der Waals surface area contributed by atoms with Gasteiger partial charge in [-0.25, -0.2) is 4.39 Å². The molecule has 1 aromatic heterocycles. The van der Waals surface area contributed by atoms with Gasteiger partial charge in [-0.1, -0.05) is 6.07 Å². The molecule has 2 rings (SSSR count). The Morgan fingerprint density at radius 3 is 2.81 bits per heavy atom. The molecule has 0 unspecified atom stereocenters. The molecule has 0 saturated heterocycles. The molecule has 1 aromatic carbocycles. The van der Waals surface area contributed by atoms with E-state index in [9.17, 15) is 9.18 Å². The van der Waals surface area contributed by atoms with Crippen molar-refractivity contribution >= 4 is 11.5 Å². The number of hydrogen-bond donors (Lipinski definition) is 1. The number of halogens is 1. The van der Waals surface area contributed by atoms with Crippen molar-refractivity contribution in [2.24, 2.45) is 0 Å². The zero-order valence-electron chi connectivity index (χ0n) is 8.27. The van der Waals surface area contributed by atoms with E-state index in [2.05, 4.69) is 11.1 Å². The summed E-state index contributed by atoms with van der Waals surface area (Å²) in [6.07, 6.45) is 1.36. The summed E-state index contributed by atoms with van der Waals surface area (Å²) in [4.78, 5) is 15.7. The van der Waals surface area contributed by atoms with Gasteiger partial charge in [-0.15, -0.1) is 0 Å². The lowest BCUT2D eigenvalue weighted by atomic mass is 10.1. The van der Waals surface area contributed by atoms with Crippen LogP contribution in [0.4, 0.5) is 10.1 Å². The van der Waals surface area contributed by atoms with Gasteiger partial charge in [0, 0.05) is 0 Å². The van der Waals surface area contributed by atoms with Crippen LogP contribution in [0.3, 0.4) is 0 Å². The molecular formula is C12H8FN2O. The van der Waals surface area contributed by atoms with E-state index in [1.54, 1.807) is 6.07 Å². The molecule has 16 heavy (non-hydrogen) atoms. The fourth-order valence-electron chi connectivity index (χ4n) is 1.26. The maximum absolute atomic E-state index is 13.3. The number of nitrogens with two attached hydrogens (primary N) is 1. The van der Waals surface area contributed by atoms with E-state index in [1.807, 2.05) is 0 Å². The maximum atomic E-state index is 13.3. The Hall–Kier alpha value is -2.23. The lowest BCUT2D eigenvalue weighted by molar-refractivity contribution is 0.103. The summed E-state index contributed by atoms with van der Waals surface area (Å²) in [5.74, 6) is -1.06. The molecule has 0 aliphatic carbocycles. The van der Waals surface area contributed by atoms with Crippen molar-refractivity contribution in [3.05, 3.63) is 59.7 Å². The van der Waals surface area contributed by atoms with Crippen LogP contribution in [0, 0.1) is 11.9 Å². The molecule has 0 bridgehead atoms. The summed E-state index contributed by atoms with van der Waals surface area (Å²) in [6, 6.07) is 9.55. The topological polar surface area (TPSA) is 56.0 Å². The monoisotopic (exact) mass is 215 g/mol. The molecule has 1 heterocycles. The lowest BCUT2D eigenvalue weighted by Gasteiger charge is -2.01. The zero-order chi connectivity index (χ0) is 11.5. The second-order valence-electron chi connectivity index (χ2n) is 3.21. The lowest BCUT2D eigenvalue weighted by Crippen LogP contribution is -2.06. The molecule has 0 fully saturated rings. The first-order chi connectivity index (χ1) is 7.68. The van der Waals surface area contributed by atoms with Crippen molar-refractivity contribution in [2.45, 2.75) is 0 Å². The van der Waals surface area contributed by atoms with Gasteiger partial charge in [0.2, 0.25) is 5.78 Å². The van der Waals surface area contributed by atoms with E-state index in [1.165, 1.54) is 30.5 Å². The third-order valence-electron chi connectivity index (χ3n) is 2.07. The SMILES string of the molecule is Nc1ccc(C(=O)c2c[c]ccc2F)nc1. The van der Waals surface area contributed by atoms with Gasteiger partial charge in [0.15, 0.2) is 0 Å². The first-order valence-electron chi connectivity index (χ1n) is 4.60. The number of aromatic nitrogens is 1. The molecule has 79 valence electrons. The number of ketones is 1. The Labute approximate surface area is 91.7 Å². The van der Waals surface area contributed by atoms with Crippen LogP contribution in [0.25, 0.3) is 0 Å². The van der Waals surface area contributed by atoms with Crippen LogP contribution in [0.2, 0.25) is 0 Å². The van der Waals surface area contributed by atoms with E-state index in [4.69, 9.17) is 5.73 Å². The molecule has 0 atom stereocenters. The summed E-state index contributed by atoms with van der Waals surface area (Å²) >= 11 is 0. The number of carbonyl (C=O) groups is 1. The molecule has 0 amide bonds. The molecule has 2 N–H and O–H groups in total. The fourth-order valence-corrected chi connectivity index (χ4v) is 1.26. The van der Waals surface area contributed by atoms with Crippen molar-refractivity contribution in [1.82, 2.24) is 4.98 Å². The molecule has 0 aliphatic rings. The fraction of sp³-hybridized carbons (Fsp3) is 0. The van der Waals surface area contributed by atoms with Crippen LogP contribution in [-0.4, -0.2) is 10.8 Å². The molecule has 1 radical (unpaired) electrons. The molecule has 0 saturated carbocycles. The Morgan fingerprint density at radius 1 is 1.38 bits per heavy atom. The van der Waals surface area contributed by atoms with Crippen LogP contribution < -0.4 is 5.73 Å². The first kappa shape index (κ1) is 10.3. The Balaban J connectivity index is 2.40. The molecular weight excluding hydrogens is 207 g/mol. The average Bonchev–Trinajstić information content (AvgIpc) is 2.30. The van der Waals surface area contributed by atoms with Crippen molar-refractivity contribution in [3.8, 4) is 0 Å². The highest BCUT2D eigenvalue weighted by Gasteiger charge is 2.14. The smallest absolute Gasteiger partial charge is 0.214 e. The van der Waals surface area contributed by atoms with Gasteiger partial charge in [-0.3, -0.25) is 9.78 Å². The minimum atomic E-state index is -0.581. The Morgan fingerprint density at radius 2 is 2.19 bits per heavy atom. The molecule has 3 nitrogen and oxygen atoms in total. The quantitative estimate of drug-likeness (QED) is 0.777. The predicted octanol–water partition coefficient (Wildman–Crippen LogP) is 1.83.